The molecule has 0 saturated carbocycles. The zero-order valence-corrected chi connectivity index (χ0v) is 12.4. The van der Waals surface area contributed by atoms with Crippen molar-refractivity contribution < 1.29 is 9.18 Å². The van der Waals surface area contributed by atoms with Crippen molar-refractivity contribution in [1.82, 2.24) is 15.2 Å². The summed E-state index contributed by atoms with van der Waals surface area (Å²) < 4.78 is 13.2. The SMILES string of the molecule is CCNc1ncc(F)cc1C(=O)NCCN(CC)CC. The summed E-state index contributed by atoms with van der Waals surface area (Å²) in [6.45, 7) is 9.86. The van der Waals surface area contributed by atoms with Crippen LogP contribution < -0.4 is 10.6 Å². The lowest BCUT2D eigenvalue weighted by Crippen LogP contribution is -2.35. The van der Waals surface area contributed by atoms with Gasteiger partial charge >= 0.3 is 0 Å². The van der Waals surface area contributed by atoms with Gasteiger partial charge in [0.1, 0.15) is 11.6 Å². The van der Waals surface area contributed by atoms with Crippen LogP contribution in [-0.4, -0.2) is 48.5 Å². The molecule has 0 aliphatic carbocycles. The summed E-state index contributed by atoms with van der Waals surface area (Å²) in [5.41, 5.74) is 0.242. The largest absolute Gasteiger partial charge is 0.370 e. The zero-order chi connectivity index (χ0) is 15.0. The van der Waals surface area contributed by atoms with E-state index in [1.54, 1.807) is 0 Å². The van der Waals surface area contributed by atoms with E-state index in [-0.39, 0.29) is 11.5 Å². The molecule has 0 radical (unpaired) electrons. The molecule has 112 valence electrons. The molecule has 5 nitrogen and oxygen atoms in total. The monoisotopic (exact) mass is 282 g/mol. The molecule has 0 unspecified atom stereocenters. The third kappa shape index (κ3) is 4.77. The molecule has 0 bridgehead atoms. The van der Waals surface area contributed by atoms with Crippen LogP contribution in [0.1, 0.15) is 31.1 Å². The number of hydrogen-bond acceptors (Lipinski definition) is 4. The van der Waals surface area contributed by atoms with Crippen molar-refractivity contribution in [3.63, 3.8) is 0 Å². The van der Waals surface area contributed by atoms with E-state index in [9.17, 15) is 9.18 Å². The standard InChI is InChI=1S/C14H23FN4O/c1-4-16-13-12(9-11(15)10-18-13)14(20)17-7-8-19(5-2)6-3/h9-10H,4-8H2,1-3H3,(H,16,18)(H,17,20). The Balaban J connectivity index is 2.64. The van der Waals surface area contributed by atoms with Crippen molar-refractivity contribution in [2.24, 2.45) is 0 Å². The Hall–Kier alpha value is -1.69. The number of aromatic nitrogens is 1. The molecule has 1 aromatic rings. The number of carbonyl (C=O) groups is 1. The van der Waals surface area contributed by atoms with Crippen LogP contribution in [0.3, 0.4) is 0 Å². The Morgan fingerprint density at radius 2 is 2.05 bits per heavy atom. The first kappa shape index (κ1) is 16.4. The van der Waals surface area contributed by atoms with Crippen LogP contribution in [-0.2, 0) is 0 Å². The highest BCUT2D eigenvalue weighted by molar-refractivity contribution is 5.98. The van der Waals surface area contributed by atoms with Crippen molar-refractivity contribution >= 4 is 11.7 Å². The second-order valence-corrected chi connectivity index (χ2v) is 4.36. The third-order valence-electron chi connectivity index (χ3n) is 3.05. The molecule has 0 saturated heterocycles. The fourth-order valence-electron chi connectivity index (χ4n) is 1.88. The molecule has 0 fully saturated rings. The maximum absolute atomic E-state index is 13.2. The fraction of sp³-hybridized carbons (Fsp3) is 0.571. The van der Waals surface area contributed by atoms with Gasteiger partial charge < -0.3 is 15.5 Å². The highest BCUT2D eigenvalue weighted by Gasteiger charge is 2.13. The molecule has 0 spiro atoms. The van der Waals surface area contributed by atoms with Crippen LogP contribution in [0.2, 0.25) is 0 Å². The minimum absolute atomic E-state index is 0.242. The van der Waals surface area contributed by atoms with Gasteiger partial charge in [-0.1, -0.05) is 13.8 Å². The van der Waals surface area contributed by atoms with E-state index < -0.39 is 5.82 Å². The molecular weight excluding hydrogens is 259 g/mol. The van der Waals surface area contributed by atoms with Crippen molar-refractivity contribution in [3.05, 3.63) is 23.6 Å². The normalized spacial score (nSPS) is 10.7. The molecule has 2 N–H and O–H groups in total. The van der Waals surface area contributed by atoms with Gasteiger partial charge in [0, 0.05) is 19.6 Å². The first-order chi connectivity index (χ1) is 9.62. The highest BCUT2D eigenvalue weighted by Crippen LogP contribution is 2.13. The zero-order valence-electron chi connectivity index (χ0n) is 12.4. The highest BCUT2D eigenvalue weighted by atomic mass is 19.1. The number of nitrogens with one attached hydrogen (secondary N) is 2. The van der Waals surface area contributed by atoms with Crippen molar-refractivity contribution in [1.29, 1.82) is 0 Å². The van der Waals surface area contributed by atoms with Crippen LogP contribution in [0.25, 0.3) is 0 Å². The van der Waals surface area contributed by atoms with E-state index in [2.05, 4.69) is 34.4 Å². The Morgan fingerprint density at radius 1 is 1.35 bits per heavy atom. The second kappa shape index (κ2) is 8.47. The third-order valence-corrected chi connectivity index (χ3v) is 3.05. The van der Waals surface area contributed by atoms with Gasteiger partial charge in [0.2, 0.25) is 0 Å². The molecule has 6 heteroatoms. The minimum Gasteiger partial charge on any atom is -0.370 e. The van der Waals surface area contributed by atoms with Crippen molar-refractivity contribution in [2.45, 2.75) is 20.8 Å². The van der Waals surface area contributed by atoms with E-state index >= 15 is 0 Å². The van der Waals surface area contributed by atoms with Gasteiger partial charge in [0.25, 0.3) is 5.91 Å². The van der Waals surface area contributed by atoms with E-state index in [1.807, 2.05) is 6.92 Å². The summed E-state index contributed by atoms with van der Waals surface area (Å²) in [7, 11) is 0. The average molecular weight is 282 g/mol. The second-order valence-electron chi connectivity index (χ2n) is 4.36. The first-order valence-corrected chi connectivity index (χ1v) is 7.02. The van der Waals surface area contributed by atoms with E-state index in [1.165, 1.54) is 6.07 Å². The maximum atomic E-state index is 13.2. The first-order valence-electron chi connectivity index (χ1n) is 7.02. The Bertz CT molecular complexity index is 435. The predicted molar refractivity (Wildman–Crippen MR) is 78.5 cm³/mol. The Labute approximate surface area is 119 Å². The Morgan fingerprint density at radius 3 is 2.65 bits per heavy atom. The number of rotatable bonds is 8. The number of hydrogen-bond donors (Lipinski definition) is 2. The lowest BCUT2D eigenvalue weighted by atomic mass is 10.2. The van der Waals surface area contributed by atoms with Crippen LogP contribution in [0.5, 0.6) is 0 Å². The molecule has 0 atom stereocenters. The van der Waals surface area contributed by atoms with Gasteiger partial charge in [-0.05, 0) is 26.1 Å². The fourth-order valence-corrected chi connectivity index (χ4v) is 1.88. The number of likely N-dealkylation sites (N-methyl/N-ethyl adjacent to an activating group) is 1. The van der Waals surface area contributed by atoms with E-state index in [4.69, 9.17) is 0 Å². The smallest absolute Gasteiger partial charge is 0.255 e. The number of nitrogens with zero attached hydrogens (tertiary/aromatic N) is 2. The Kier molecular flexibility index (Phi) is 6.93. The molecule has 0 aliphatic heterocycles. The van der Waals surface area contributed by atoms with E-state index in [0.717, 1.165) is 25.8 Å². The molecular formula is C14H23FN4O. The van der Waals surface area contributed by atoms with Crippen LogP contribution in [0, 0.1) is 5.82 Å². The molecule has 20 heavy (non-hydrogen) atoms. The number of carbonyl (C=O) groups excluding carboxylic acids is 1. The van der Waals surface area contributed by atoms with Gasteiger partial charge in [-0.25, -0.2) is 9.37 Å². The molecule has 1 heterocycles. The summed E-state index contributed by atoms with van der Waals surface area (Å²) >= 11 is 0. The van der Waals surface area contributed by atoms with Gasteiger partial charge in [-0.2, -0.15) is 0 Å². The molecule has 0 aromatic carbocycles. The van der Waals surface area contributed by atoms with Crippen LogP contribution in [0.4, 0.5) is 10.2 Å². The average Bonchev–Trinajstić information content (AvgIpc) is 2.45. The topological polar surface area (TPSA) is 57.3 Å². The number of pyridine rings is 1. The molecule has 0 aliphatic rings. The van der Waals surface area contributed by atoms with Gasteiger partial charge in [0.05, 0.1) is 11.8 Å². The van der Waals surface area contributed by atoms with Gasteiger partial charge in [-0.15, -0.1) is 0 Å². The van der Waals surface area contributed by atoms with Gasteiger partial charge in [0.15, 0.2) is 0 Å². The van der Waals surface area contributed by atoms with Crippen LogP contribution >= 0.6 is 0 Å². The summed E-state index contributed by atoms with van der Waals surface area (Å²) in [5, 5.41) is 5.75. The summed E-state index contributed by atoms with van der Waals surface area (Å²) in [4.78, 5) is 18.2. The maximum Gasteiger partial charge on any atom is 0.255 e. The lowest BCUT2D eigenvalue weighted by Gasteiger charge is -2.18. The number of anilines is 1. The van der Waals surface area contributed by atoms with Crippen LogP contribution in [0.15, 0.2) is 12.3 Å². The van der Waals surface area contributed by atoms with Crippen molar-refractivity contribution in [2.75, 3.05) is 38.0 Å². The lowest BCUT2D eigenvalue weighted by molar-refractivity contribution is 0.0949. The molecule has 1 aromatic heterocycles. The molecule has 1 rings (SSSR count). The summed E-state index contributed by atoms with van der Waals surface area (Å²) in [6.07, 6.45) is 1.10. The molecule has 1 amide bonds. The minimum atomic E-state index is -0.513. The van der Waals surface area contributed by atoms with E-state index in [0.29, 0.717) is 18.9 Å². The van der Waals surface area contributed by atoms with Crippen molar-refractivity contribution in [3.8, 4) is 0 Å². The summed E-state index contributed by atoms with van der Waals surface area (Å²) in [5.74, 6) is -0.408. The predicted octanol–water partition coefficient (Wildman–Crippen LogP) is 1.72. The quantitative estimate of drug-likeness (QED) is 0.762. The number of halogens is 1. The summed E-state index contributed by atoms with van der Waals surface area (Å²) in [6, 6.07) is 1.21. The number of amides is 1. The van der Waals surface area contributed by atoms with Gasteiger partial charge in [-0.3, -0.25) is 4.79 Å².